The van der Waals surface area contributed by atoms with E-state index in [9.17, 15) is 0 Å². The molecule has 0 N–H and O–H groups in total. The van der Waals surface area contributed by atoms with Gasteiger partial charge in [-0.1, -0.05) is 103 Å². The van der Waals surface area contributed by atoms with Crippen LogP contribution >= 0.6 is 0 Å². The summed E-state index contributed by atoms with van der Waals surface area (Å²) in [6.45, 7) is 0. The number of pyridine rings is 1. The highest BCUT2D eigenvalue weighted by Gasteiger charge is 2.14. The van der Waals surface area contributed by atoms with Crippen LogP contribution in [0.25, 0.3) is 54.5 Å². The summed E-state index contributed by atoms with van der Waals surface area (Å²) in [5.74, 6) is 0. The Morgan fingerprint density at radius 3 is 1.46 bits per heavy atom. The fourth-order valence-electron chi connectivity index (χ4n) is 4.33. The lowest BCUT2D eigenvalue weighted by atomic mass is 9.92. The van der Waals surface area contributed by atoms with E-state index in [2.05, 4.69) is 103 Å². The average molecular weight is 355 g/mol. The van der Waals surface area contributed by atoms with E-state index in [1.165, 1.54) is 43.4 Å². The SMILES string of the molecule is c1ccc(-c2c3ccc4ccccc4c3nc3c2ccc2ccccc23)cc1. The fourth-order valence-corrected chi connectivity index (χ4v) is 4.33. The standard InChI is InChI=1S/C27H17N/c1-2-10-20(11-3-1)25-23-16-14-18-8-4-6-12-21(18)26(23)28-27-22-13-7-5-9-19(22)15-17-24(25)27/h1-17H. The van der Waals surface area contributed by atoms with Crippen molar-refractivity contribution in [2.75, 3.05) is 0 Å². The zero-order valence-corrected chi connectivity index (χ0v) is 15.3. The van der Waals surface area contributed by atoms with E-state index < -0.39 is 0 Å². The van der Waals surface area contributed by atoms with Gasteiger partial charge in [-0.05, 0) is 16.3 Å². The van der Waals surface area contributed by atoms with Crippen molar-refractivity contribution in [3.05, 3.63) is 103 Å². The van der Waals surface area contributed by atoms with Gasteiger partial charge in [0.2, 0.25) is 0 Å². The third-order valence-corrected chi connectivity index (χ3v) is 5.63. The largest absolute Gasteiger partial charge is 0.246 e. The summed E-state index contributed by atoms with van der Waals surface area (Å²) in [7, 11) is 0. The fraction of sp³-hybridized carbons (Fsp3) is 0. The molecule has 0 spiro atoms. The van der Waals surface area contributed by atoms with Crippen molar-refractivity contribution in [2.24, 2.45) is 0 Å². The number of nitrogens with zero attached hydrogens (tertiary/aromatic N) is 1. The van der Waals surface area contributed by atoms with Crippen molar-refractivity contribution >= 4 is 43.4 Å². The van der Waals surface area contributed by atoms with Crippen LogP contribution in [0.15, 0.2) is 103 Å². The molecule has 6 rings (SSSR count). The van der Waals surface area contributed by atoms with Crippen molar-refractivity contribution < 1.29 is 0 Å². The van der Waals surface area contributed by atoms with Gasteiger partial charge in [0.25, 0.3) is 0 Å². The van der Waals surface area contributed by atoms with Gasteiger partial charge in [0.05, 0.1) is 11.0 Å². The van der Waals surface area contributed by atoms with Crippen LogP contribution in [-0.4, -0.2) is 4.98 Å². The number of fused-ring (bicyclic) bond motifs is 6. The van der Waals surface area contributed by atoms with Gasteiger partial charge in [0.1, 0.15) is 0 Å². The van der Waals surface area contributed by atoms with E-state index >= 15 is 0 Å². The topological polar surface area (TPSA) is 12.9 Å². The van der Waals surface area contributed by atoms with Gasteiger partial charge in [-0.15, -0.1) is 0 Å². The zero-order valence-electron chi connectivity index (χ0n) is 15.3. The molecule has 0 saturated carbocycles. The molecule has 0 fully saturated rings. The molecule has 0 radical (unpaired) electrons. The van der Waals surface area contributed by atoms with Crippen LogP contribution in [0, 0.1) is 0 Å². The summed E-state index contributed by atoms with van der Waals surface area (Å²) < 4.78 is 0. The number of hydrogen-bond donors (Lipinski definition) is 0. The smallest absolute Gasteiger partial charge is 0.0794 e. The van der Waals surface area contributed by atoms with Crippen LogP contribution in [0.4, 0.5) is 0 Å². The van der Waals surface area contributed by atoms with Crippen molar-refractivity contribution in [1.29, 1.82) is 0 Å². The van der Waals surface area contributed by atoms with Crippen molar-refractivity contribution in [3.63, 3.8) is 0 Å². The van der Waals surface area contributed by atoms with Gasteiger partial charge in [-0.2, -0.15) is 0 Å². The van der Waals surface area contributed by atoms with Crippen molar-refractivity contribution in [2.45, 2.75) is 0 Å². The summed E-state index contributed by atoms with van der Waals surface area (Å²) >= 11 is 0. The summed E-state index contributed by atoms with van der Waals surface area (Å²) in [5.41, 5.74) is 4.63. The van der Waals surface area contributed by atoms with Crippen molar-refractivity contribution in [3.8, 4) is 11.1 Å². The molecule has 28 heavy (non-hydrogen) atoms. The summed E-state index contributed by atoms with van der Waals surface area (Å²) in [6, 6.07) is 36.6. The van der Waals surface area contributed by atoms with Crippen LogP contribution in [-0.2, 0) is 0 Å². The van der Waals surface area contributed by atoms with Gasteiger partial charge in [-0.25, -0.2) is 4.98 Å². The zero-order chi connectivity index (χ0) is 18.5. The Labute approximate surface area is 162 Å². The molecule has 0 atom stereocenters. The Morgan fingerprint density at radius 1 is 0.393 bits per heavy atom. The molecule has 0 aliphatic heterocycles. The second-order valence-corrected chi connectivity index (χ2v) is 7.22. The molecular weight excluding hydrogens is 338 g/mol. The number of aromatic nitrogens is 1. The number of hydrogen-bond acceptors (Lipinski definition) is 1. The monoisotopic (exact) mass is 355 g/mol. The molecule has 0 unspecified atom stereocenters. The Hall–Kier alpha value is -3.71. The minimum atomic E-state index is 1.07. The Balaban J connectivity index is 1.92. The second kappa shape index (κ2) is 5.90. The lowest BCUT2D eigenvalue weighted by Crippen LogP contribution is -1.91. The summed E-state index contributed by atoms with van der Waals surface area (Å²) in [5, 5.41) is 7.25. The lowest BCUT2D eigenvalue weighted by molar-refractivity contribution is 1.53. The minimum Gasteiger partial charge on any atom is -0.246 e. The van der Waals surface area contributed by atoms with Gasteiger partial charge in [0, 0.05) is 27.1 Å². The van der Waals surface area contributed by atoms with E-state index in [-0.39, 0.29) is 0 Å². The average Bonchev–Trinajstić information content (AvgIpc) is 2.78. The van der Waals surface area contributed by atoms with E-state index in [4.69, 9.17) is 4.98 Å². The lowest BCUT2D eigenvalue weighted by Gasteiger charge is -2.14. The molecule has 1 nitrogen and oxygen atoms in total. The molecule has 1 heterocycles. The Morgan fingerprint density at radius 2 is 0.893 bits per heavy atom. The highest BCUT2D eigenvalue weighted by atomic mass is 14.7. The van der Waals surface area contributed by atoms with Crippen LogP contribution in [0.2, 0.25) is 0 Å². The predicted molar refractivity (Wildman–Crippen MR) is 120 cm³/mol. The predicted octanol–water partition coefficient (Wildman–Crippen LogP) is 7.36. The molecule has 0 amide bonds. The van der Waals surface area contributed by atoms with Crippen molar-refractivity contribution in [1.82, 2.24) is 4.98 Å². The van der Waals surface area contributed by atoms with Crippen LogP contribution in [0.5, 0.6) is 0 Å². The van der Waals surface area contributed by atoms with Gasteiger partial charge in [-0.3, -0.25) is 0 Å². The third kappa shape index (κ3) is 2.17. The van der Waals surface area contributed by atoms with Gasteiger partial charge in [0.15, 0.2) is 0 Å². The van der Waals surface area contributed by atoms with E-state index in [0.29, 0.717) is 0 Å². The first kappa shape index (κ1) is 15.4. The highest BCUT2D eigenvalue weighted by Crippen LogP contribution is 2.39. The number of benzene rings is 5. The van der Waals surface area contributed by atoms with Crippen LogP contribution < -0.4 is 0 Å². The highest BCUT2D eigenvalue weighted by molar-refractivity contribution is 6.21. The van der Waals surface area contributed by atoms with Gasteiger partial charge >= 0.3 is 0 Å². The minimum absolute atomic E-state index is 1.07. The molecular formula is C27H17N. The molecule has 0 saturated heterocycles. The molecule has 5 aromatic carbocycles. The number of rotatable bonds is 1. The summed E-state index contributed by atoms with van der Waals surface area (Å²) in [4.78, 5) is 5.22. The Kier molecular flexibility index (Phi) is 3.24. The quantitative estimate of drug-likeness (QED) is 0.222. The molecule has 1 aromatic heterocycles. The maximum absolute atomic E-state index is 5.22. The van der Waals surface area contributed by atoms with E-state index in [1.807, 2.05) is 0 Å². The first-order chi connectivity index (χ1) is 13.9. The molecule has 1 heteroatoms. The molecule has 0 aliphatic rings. The molecule has 6 aromatic rings. The normalized spacial score (nSPS) is 11.6. The van der Waals surface area contributed by atoms with Crippen LogP contribution in [0.1, 0.15) is 0 Å². The molecule has 130 valence electrons. The maximum Gasteiger partial charge on any atom is 0.0794 e. The third-order valence-electron chi connectivity index (χ3n) is 5.63. The van der Waals surface area contributed by atoms with E-state index in [1.54, 1.807) is 0 Å². The first-order valence-electron chi connectivity index (χ1n) is 9.58. The van der Waals surface area contributed by atoms with E-state index in [0.717, 1.165) is 11.0 Å². The molecule has 0 aliphatic carbocycles. The first-order valence-corrected chi connectivity index (χ1v) is 9.58. The van der Waals surface area contributed by atoms with Gasteiger partial charge < -0.3 is 0 Å². The summed E-state index contributed by atoms with van der Waals surface area (Å²) in [6.07, 6.45) is 0. The molecule has 0 bridgehead atoms. The Bertz CT molecular complexity index is 1400. The maximum atomic E-state index is 5.22. The van der Waals surface area contributed by atoms with Crippen LogP contribution in [0.3, 0.4) is 0 Å². The second-order valence-electron chi connectivity index (χ2n) is 7.22.